The summed E-state index contributed by atoms with van der Waals surface area (Å²) in [6, 6.07) is 4.10. The van der Waals surface area contributed by atoms with E-state index < -0.39 is 0 Å². The van der Waals surface area contributed by atoms with E-state index in [2.05, 4.69) is 51.9 Å². The molecule has 0 saturated carbocycles. The van der Waals surface area contributed by atoms with Gasteiger partial charge < -0.3 is 10.2 Å². The zero-order chi connectivity index (χ0) is 15.1. The number of thioether (sulfide) groups is 1. The lowest BCUT2D eigenvalue weighted by molar-refractivity contribution is 0.381. The van der Waals surface area contributed by atoms with Crippen molar-refractivity contribution in [2.45, 2.75) is 25.5 Å². The molecule has 1 aliphatic rings. The molecule has 0 radical (unpaired) electrons. The molecule has 1 fully saturated rings. The molecule has 1 aromatic heterocycles. The molecule has 22 heavy (non-hydrogen) atoms. The van der Waals surface area contributed by atoms with Crippen molar-refractivity contribution in [3.63, 3.8) is 0 Å². The zero-order valence-electron chi connectivity index (χ0n) is 13.7. The normalized spacial score (nSPS) is 19.0. The van der Waals surface area contributed by atoms with Gasteiger partial charge in [-0.15, -0.1) is 24.0 Å². The van der Waals surface area contributed by atoms with Crippen LogP contribution in [0.4, 0.5) is 0 Å². The van der Waals surface area contributed by atoms with Crippen molar-refractivity contribution < 1.29 is 0 Å². The van der Waals surface area contributed by atoms with E-state index in [1.165, 1.54) is 11.3 Å². The van der Waals surface area contributed by atoms with Crippen molar-refractivity contribution in [1.29, 1.82) is 0 Å². The van der Waals surface area contributed by atoms with Crippen LogP contribution in [0.25, 0.3) is 0 Å². The van der Waals surface area contributed by atoms with Crippen LogP contribution in [0.3, 0.4) is 0 Å². The van der Waals surface area contributed by atoms with Gasteiger partial charge in [0.15, 0.2) is 5.96 Å². The Morgan fingerprint density at radius 2 is 2.36 bits per heavy atom. The van der Waals surface area contributed by atoms with E-state index in [4.69, 9.17) is 0 Å². The number of guanidine groups is 1. The first-order valence-corrected chi connectivity index (χ1v) is 8.71. The molecule has 6 heteroatoms. The molecule has 0 spiro atoms. The molecule has 1 N–H and O–H groups in total. The Bertz CT molecular complexity index is 453. The lowest BCUT2D eigenvalue weighted by Gasteiger charge is -2.36. The van der Waals surface area contributed by atoms with Crippen molar-refractivity contribution in [3.05, 3.63) is 30.1 Å². The molecule has 1 aliphatic heterocycles. The smallest absolute Gasteiger partial charge is 0.193 e. The second-order valence-electron chi connectivity index (χ2n) is 5.68. The van der Waals surface area contributed by atoms with Gasteiger partial charge in [0.1, 0.15) is 0 Å². The summed E-state index contributed by atoms with van der Waals surface area (Å²) >= 11 is 2.09. The summed E-state index contributed by atoms with van der Waals surface area (Å²) in [7, 11) is 1.87. The number of pyridine rings is 1. The summed E-state index contributed by atoms with van der Waals surface area (Å²) < 4.78 is 0. The van der Waals surface area contributed by atoms with E-state index in [0.29, 0.717) is 11.2 Å². The summed E-state index contributed by atoms with van der Waals surface area (Å²) in [6.07, 6.45) is 4.72. The minimum atomic E-state index is 0. The Balaban J connectivity index is 0.00000242. The monoisotopic (exact) mass is 434 g/mol. The fourth-order valence-electron chi connectivity index (χ4n) is 2.47. The quantitative estimate of drug-likeness (QED) is 0.450. The molecule has 0 aromatic carbocycles. The predicted octanol–water partition coefficient (Wildman–Crippen LogP) is 2.89. The van der Waals surface area contributed by atoms with Crippen LogP contribution >= 0.6 is 35.7 Å². The van der Waals surface area contributed by atoms with Crippen molar-refractivity contribution in [2.24, 2.45) is 10.9 Å². The largest absolute Gasteiger partial charge is 0.356 e. The highest BCUT2D eigenvalue weighted by Crippen LogP contribution is 2.24. The van der Waals surface area contributed by atoms with Gasteiger partial charge in [0.25, 0.3) is 0 Å². The molecule has 0 bridgehead atoms. The first-order valence-electron chi connectivity index (χ1n) is 7.67. The second-order valence-corrected chi connectivity index (χ2v) is 7.03. The molecule has 1 unspecified atom stereocenters. The first kappa shape index (κ1) is 19.5. The minimum Gasteiger partial charge on any atom is -0.356 e. The second kappa shape index (κ2) is 10.3. The molecule has 1 saturated heterocycles. The van der Waals surface area contributed by atoms with Crippen LogP contribution in [0.2, 0.25) is 0 Å². The van der Waals surface area contributed by atoms with Gasteiger partial charge >= 0.3 is 0 Å². The van der Waals surface area contributed by atoms with Gasteiger partial charge in [0.2, 0.25) is 0 Å². The van der Waals surface area contributed by atoms with E-state index in [9.17, 15) is 0 Å². The van der Waals surface area contributed by atoms with Crippen LogP contribution in [-0.2, 0) is 6.42 Å². The predicted molar refractivity (Wildman–Crippen MR) is 107 cm³/mol. The topological polar surface area (TPSA) is 40.5 Å². The average Bonchev–Trinajstić information content (AvgIpc) is 2.52. The van der Waals surface area contributed by atoms with Crippen LogP contribution < -0.4 is 5.32 Å². The number of aliphatic imine (C=N–C) groups is 1. The van der Waals surface area contributed by atoms with Gasteiger partial charge in [-0.25, -0.2) is 0 Å². The summed E-state index contributed by atoms with van der Waals surface area (Å²) in [5.74, 6) is 2.93. The van der Waals surface area contributed by atoms with Crippen LogP contribution in [0.1, 0.15) is 19.4 Å². The maximum absolute atomic E-state index is 4.44. The number of rotatable bonds is 4. The van der Waals surface area contributed by atoms with Crippen molar-refractivity contribution in [3.8, 4) is 0 Å². The maximum atomic E-state index is 4.44. The van der Waals surface area contributed by atoms with Crippen molar-refractivity contribution in [2.75, 3.05) is 32.4 Å². The standard InChI is InChI=1S/C16H26N4S.HI/c1-13(2)15-12-20(9-10-21-15)16(17-3)19-8-6-14-5-4-7-18-11-14;/h4-5,7,11,13,15H,6,8-10,12H2,1-3H3,(H,17,19);1H. The number of halogens is 1. The molecule has 4 nitrogen and oxygen atoms in total. The van der Waals surface area contributed by atoms with Gasteiger partial charge in [-0.2, -0.15) is 11.8 Å². The fraction of sp³-hybridized carbons (Fsp3) is 0.625. The Kier molecular flexibility index (Phi) is 9.16. The molecular weight excluding hydrogens is 407 g/mol. The third-order valence-electron chi connectivity index (χ3n) is 3.77. The van der Waals surface area contributed by atoms with E-state index in [1.54, 1.807) is 0 Å². The molecule has 124 valence electrons. The molecule has 0 amide bonds. The summed E-state index contributed by atoms with van der Waals surface area (Å²) in [5, 5.41) is 4.19. The van der Waals surface area contributed by atoms with Crippen LogP contribution in [0.15, 0.2) is 29.5 Å². The molecule has 2 rings (SSSR count). The van der Waals surface area contributed by atoms with Crippen molar-refractivity contribution in [1.82, 2.24) is 15.2 Å². The zero-order valence-corrected chi connectivity index (χ0v) is 16.8. The van der Waals surface area contributed by atoms with Crippen molar-refractivity contribution >= 4 is 41.7 Å². The van der Waals surface area contributed by atoms with Gasteiger partial charge in [-0.1, -0.05) is 19.9 Å². The van der Waals surface area contributed by atoms with Crippen LogP contribution in [0.5, 0.6) is 0 Å². The van der Waals surface area contributed by atoms with E-state index in [-0.39, 0.29) is 24.0 Å². The number of hydrogen-bond acceptors (Lipinski definition) is 3. The highest BCUT2D eigenvalue weighted by atomic mass is 127. The number of nitrogens with one attached hydrogen (secondary N) is 1. The Hall–Kier alpha value is -0.500. The van der Waals surface area contributed by atoms with E-state index in [1.807, 2.05) is 25.5 Å². The third-order valence-corrected chi connectivity index (χ3v) is 5.31. The highest BCUT2D eigenvalue weighted by Gasteiger charge is 2.24. The van der Waals surface area contributed by atoms with E-state index >= 15 is 0 Å². The number of nitrogens with zero attached hydrogens (tertiary/aromatic N) is 3. The molecule has 0 aliphatic carbocycles. The first-order chi connectivity index (χ1) is 10.2. The molecule has 2 heterocycles. The van der Waals surface area contributed by atoms with E-state index in [0.717, 1.165) is 32.0 Å². The number of hydrogen-bond donors (Lipinski definition) is 1. The Labute approximate surface area is 155 Å². The third kappa shape index (κ3) is 5.95. The maximum Gasteiger partial charge on any atom is 0.193 e. The van der Waals surface area contributed by atoms with Gasteiger partial charge in [-0.3, -0.25) is 9.98 Å². The summed E-state index contributed by atoms with van der Waals surface area (Å²) in [5.41, 5.74) is 1.26. The summed E-state index contributed by atoms with van der Waals surface area (Å²) in [6.45, 7) is 7.68. The Morgan fingerprint density at radius 1 is 1.55 bits per heavy atom. The highest BCUT2D eigenvalue weighted by molar-refractivity contribution is 14.0. The fourth-order valence-corrected chi connectivity index (χ4v) is 3.77. The van der Waals surface area contributed by atoms with Crippen LogP contribution in [-0.4, -0.2) is 53.5 Å². The van der Waals surface area contributed by atoms with Gasteiger partial charge in [0, 0.05) is 50.1 Å². The SMILES string of the molecule is CN=C(NCCc1cccnc1)N1CCSC(C(C)C)C1.I. The lowest BCUT2D eigenvalue weighted by atomic mass is 10.1. The minimum absolute atomic E-state index is 0. The average molecular weight is 434 g/mol. The Morgan fingerprint density at radius 3 is 3.00 bits per heavy atom. The molecule has 1 aromatic rings. The molecular formula is C16H27IN4S. The number of aromatic nitrogens is 1. The lowest BCUT2D eigenvalue weighted by Crippen LogP contribution is -2.49. The van der Waals surface area contributed by atoms with Gasteiger partial charge in [-0.05, 0) is 24.0 Å². The summed E-state index contributed by atoms with van der Waals surface area (Å²) in [4.78, 5) is 11.0. The molecule has 1 atom stereocenters. The van der Waals surface area contributed by atoms with Crippen LogP contribution in [0, 0.1) is 5.92 Å². The van der Waals surface area contributed by atoms with Gasteiger partial charge in [0.05, 0.1) is 0 Å².